The van der Waals surface area contributed by atoms with Gasteiger partial charge < -0.3 is 4.90 Å². The van der Waals surface area contributed by atoms with Crippen LogP contribution < -0.4 is 5.56 Å². The summed E-state index contributed by atoms with van der Waals surface area (Å²) in [5, 5.41) is 3.21. The summed E-state index contributed by atoms with van der Waals surface area (Å²) in [7, 11) is 0. The Bertz CT molecular complexity index is 1240. The fourth-order valence-corrected chi connectivity index (χ4v) is 3.95. The van der Waals surface area contributed by atoms with E-state index in [1.54, 1.807) is 9.58 Å². The van der Waals surface area contributed by atoms with Gasteiger partial charge in [0.2, 0.25) is 0 Å². The van der Waals surface area contributed by atoms with Crippen molar-refractivity contribution in [1.29, 1.82) is 0 Å². The van der Waals surface area contributed by atoms with Crippen molar-refractivity contribution < 1.29 is 4.79 Å². The molecule has 0 saturated carbocycles. The molecule has 30 heavy (non-hydrogen) atoms. The van der Waals surface area contributed by atoms with Gasteiger partial charge in [-0.15, -0.1) is 0 Å². The third kappa shape index (κ3) is 3.24. The van der Waals surface area contributed by atoms with Gasteiger partial charge in [0.05, 0.1) is 17.8 Å². The zero-order valence-corrected chi connectivity index (χ0v) is 16.4. The Hall–Kier alpha value is -3.86. The first kappa shape index (κ1) is 18.2. The molecule has 0 atom stereocenters. The van der Waals surface area contributed by atoms with E-state index in [2.05, 4.69) is 5.10 Å². The molecule has 1 aromatic heterocycles. The highest BCUT2D eigenvalue weighted by Gasteiger charge is 2.26. The van der Waals surface area contributed by atoms with E-state index in [0.29, 0.717) is 30.6 Å². The second-order valence-corrected chi connectivity index (χ2v) is 7.47. The fourth-order valence-electron chi connectivity index (χ4n) is 3.95. The van der Waals surface area contributed by atoms with Gasteiger partial charge in [-0.3, -0.25) is 14.7 Å². The van der Waals surface area contributed by atoms with Crippen LogP contribution in [0.25, 0.3) is 16.8 Å². The molecule has 0 bridgehead atoms. The number of fused-ring (bicyclic) bond motifs is 1. The highest BCUT2D eigenvalue weighted by Crippen LogP contribution is 2.22. The van der Waals surface area contributed by atoms with Crippen molar-refractivity contribution in [2.45, 2.75) is 13.0 Å². The summed E-state index contributed by atoms with van der Waals surface area (Å²) in [5.74, 6) is -0.0490. The lowest BCUT2D eigenvalue weighted by Crippen LogP contribution is -2.37. The fraction of sp³-hybridized carbons (Fsp3) is 0.120. The van der Waals surface area contributed by atoms with Crippen LogP contribution in [0.5, 0.6) is 0 Å². The monoisotopic (exact) mass is 395 g/mol. The molecule has 0 saturated heterocycles. The zero-order chi connectivity index (χ0) is 20.5. The highest BCUT2D eigenvalue weighted by molar-refractivity contribution is 5.94. The SMILES string of the molecule is O=C(c1ccc(-c2ccccc2)cc1)N1CCc2[nH]n(-c3ccccc3)c(=O)c2C1. The van der Waals surface area contributed by atoms with Crippen LogP contribution in [-0.4, -0.2) is 27.1 Å². The molecule has 0 unspecified atom stereocenters. The number of carbonyl (C=O) groups excluding carboxylic acids is 1. The molecule has 0 spiro atoms. The number of aromatic nitrogens is 2. The molecule has 5 nitrogen and oxygen atoms in total. The van der Waals surface area contributed by atoms with Gasteiger partial charge in [0.1, 0.15) is 0 Å². The molecule has 4 aromatic rings. The molecule has 0 aliphatic carbocycles. The van der Waals surface area contributed by atoms with Crippen molar-refractivity contribution in [3.63, 3.8) is 0 Å². The summed E-state index contributed by atoms with van der Waals surface area (Å²) in [4.78, 5) is 27.7. The number of carbonyl (C=O) groups is 1. The summed E-state index contributed by atoms with van der Waals surface area (Å²) in [6.45, 7) is 0.908. The Labute approximate surface area is 174 Å². The Morgan fingerprint density at radius 3 is 2.13 bits per heavy atom. The molecule has 1 aliphatic rings. The van der Waals surface area contributed by atoms with E-state index >= 15 is 0 Å². The van der Waals surface area contributed by atoms with E-state index in [1.165, 1.54) is 0 Å². The van der Waals surface area contributed by atoms with Crippen molar-refractivity contribution >= 4 is 5.91 Å². The van der Waals surface area contributed by atoms with E-state index in [0.717, 1.165) is 22.5 Å². The molecule has 1 amide bonds. The third-order valence-electron chi connectivity index (χ3n) is 5.59. The number of nitrogens with one attached hydrogen (secondary N) is 1. The van der Waals surface area contributed by atoms with Crippen molar-refractivity contribution in [1.82, 2.24) is 14.7 Å². The first-order valence-electron chi connectivity index (χ1n) is 10.0. The molecule has 148 valence electrons. The summed E-state index contributed by atoms with van der Waals surface area (Å²) < 4.78 is 1.56. The second-order valence-electron chi connectivity index (χ2n) is 7.47. The average Bonchev–Trinajstić information content (AvgIpc) is 3.16. The van der Waals surface area contributed by atoms with Gasteiger partial charge in [0.15, 0.2) is 0 Å². The Kier molecular flexibility index (Phi) is 4.56. The average molecular weight is 395 g/mol. The van der Waals surface area contributed by atoms with Gasteiger partial charge in [-0.05, 0) is 35.4 Å². The van der Waals surface area contributed by atoms with Crippen LogP contribution in [0.3, 0.4) is 0 Å². The maximum Gasteiger partial charge on any atom is 0.276 e. The largest absolute Gasteiger partial charge is 0.334 e. The van der Waals surface area contributed by atoms with Crippen LogP contribution in [0.15, 0.2) is 89.7 Å². The third-order valence-corrected chi connectivity index (χ3v) is 5.59. The van der Waals surface area contributed by atoms with E-state index in [-0.39, 0.29) is 11.5 Å². The van der Waals surface area contributed by atoms with Gasteiger partial charge >= 0.3 is 0 Å². The Morgan fingerprint density at radius 1 is 0.800 bits per heavy atom. The highest BCUT2D eigenvalue weighted by atomic mass is 16.2. The minimum Gasteiger partial charge on any atom is -0.334 e. The maximum atomic E-state index is 13.1. The van der Waals surface area contributed by atoms with Crippen LogP contribution >= 0.6 is 0 Å². The predicted octanol–water partition coefficient (Wildman–Crippen LogP) is 4.03. The number of rotatable bonds is 3. The number of aromatic amines is 1. The molecule has 1 N–H and O–H groups in total. The topological polar surface area (TPSA) is 58.1 Å². The smallest absolute Gasteiger partial charge is 0.276 e. The van der Waals surface area contributed by atoms with Crippen molar-refractivity contribution in [2.24, 2.45) is 0 Å². The summed E-state index contributed by atoms with van der Waals surface area (Å²) in [6.07, 6.45) is 0.637. The second kappa shape index (κ2) is 7.52. The van der Waals surface area contributed by atoms with E-state index in [1.807, 2.05) is 84.9 Å². The van der Waals surface area contributed by atoms with Crippen LogP contribution in [0.2, 0.25) is 0 Å². The molecular formula is C25H21N3O2. The quantitative estimate of drug-likeness (QED) is 0.569. The number of benzene rings is 3. The van der Waals surface area contributed by atoms with Gasteiger partial charge in [0.25, 0.3) is 11.5 Å². The lowest BCUT2D eigenvalue weighted by molar-refractivity contribution is 0.0734. The molecule has 5 rings (SSSR count). The molecule has 2 heterocycles. The summed E-state index contributed by atoms with van der Waals surface area (Å²) in [6, 6.07) is 27.2. The van der Waals surface area contributed by atoms with Crippen LogP contribution in [0.4, 0.5) is 0 Å². The van der Waals surface area contributed by atoms with E-state index in [9.17, 15) is 9.59 Å². The van der Waals surface area contributed by atoms with E-state index < -0.39 is 0 Å². The van der Waals surface area contributed by atoms with Crippen LogP contribution in [-0.2, 0) is 13.0 Å². The summed E-state index contributed by atoms with van der Waals surface area (Å²) in [5.41, 5.74) is 5.11. The van der Waals surface area contributed by atoms with Crippen molar-refractivity contribution in [3.05, 3.63) is 112 Å². The van der Waals surface area contributed by atoms with Crippen LogP contribution in [0.1, 0.15) is 21.6 Å². The maximum absolute atomic E-state index is 13.1. The molecular weight excluding hydrogens is 374 g/mol. The molecule has 0 radical (unpaired) electrons. The van der Waals surface area contributed by atoms with Gasteiger partial charge in [0, 0.05) is 24.2 Å². The number of para-hydroxylation sites is 1. The molecule has 5 heteroatoms. The molecule has 0 fully saturated rings. The minimum absolute atomic E-state index is 0.0490. The number of hydrogen-bond acceptors (Lipinski definition) is 2. The summed E-state index contributed by atoms with van der Waals surface area (Å²) >= 11 is 0. The van der Waals surface area contributed by atoms with E-state index in [4.69, 9.17) is 0 Å². The van der Waals surface area contributed by atoms with Crippen LogP contribution in [0, 0.1) is 0 Å². The lowest BCUT2D eigenvalue weighted by atomic mass is 10.0. The van der Waals surface area contributed by atoms with Gasteiger partial charge in [-0.2, -0.15) is 0 Å². The van der Waals surface area contributed by atoms with Crippen molar-refractivity contribution in [3.8, 4) is 16.8 Å². The molecule has 3 aromatic carbocycles. The zero-order valence-electron chi connectivity index (χ0n) is 16.4. The number of H-pyrrole nitrogens is 1. The molecule has 1 aliphatic heterocycles. The van der Waals surface area contributed by atoms with Crippen molar-refractivity contribution in [2.75, 3.05) is 6.54 Å². The standard InChI is InChI=1S/C25H21N3O2/c29-24(20-13-11-19(12-14-20)18-7-3-1-4-8-18)27-16-15-23-22(17-27)25(30)28(26-23)21-9-5-2-6-10-21/h1-14,26H,15-17H2. The number of nitrogens with zero attached hydrogens (tertiary/aromatic N) is 2. The van der Waals surface area contributed by atoms with Gasteiger partial charge in [-0.25, -0.2) is 4.68 Å². The Morgan fingerprint density at radius 2 is 1.43 bits per heavy atom. The number of amides is 1. The normalized spacial score (nSPS) is 13.1. The minimum atomic E-state index is -0.0897. The Balaban J connectivity index is 1.38. The first-order valence-corrected chi connectivity index (χ1v) is 10.0. The number of hydrogen-bond donors (Lipinski definition) is 1. The first-order chi connectivity index (χ1) is 14.7. The predicted molar refractivity (Wildman–Crippen MR) is 117 cm³/mol. The van der Waals surface area contributed by atoms with Gasteiger partial charge in [-0.1, -0.05) is 60.7 Å². The lowest BCUT2D eigenvalue weighted by Gasteiger charge is -2.26.